The third kappa shape index (κ3) is 4.62. The number of hydrogen-bond acceptors (Lipinski definition) is 5. The second kappa shape index (κ2) is 9.03. The molecule has 0 aliphatic carbocycles. The van der Waals surface area contributed by atoms with Gasteiger partial charge in [-0.05, 0) is 60.9 Å². The molecular formula is C21H19F3N6OS. The van der Waals surface area contributed by atoms with Crippen LogP contribution in [0.1, 0.15) is 34.3 Å². The van der Waals surface area contributed by atoms with Crippen LogP contribution >= 0.6 is 11.8 Å². The van der Waals surface area contributed by atoms with Crippen molar-refractivity contribution in [2.24, 2.45) is 0 Å². The molecule has 7 nitrogen and oxygen atoms in total. The molecule has 0 bridgehead atoms. The summed E-state index contributed by atoms with van der Waals surface area (Å²) >= 11 is 1.66. The molecular weight excluding hydrogens is 441 g/mol. The Morgan fingerprint density at radius 2 is 1.88 bits per heavy atom. The second-order valence-corrected chi connectivity index (χ2v) is 7.97. The Bertz CT molecular complexity index is 1220. The number of nitrogens with zero attached hydrogens (tertiary/aromatic N) is 5. The SMILES string of the molecule is CSCCC(NC(=O)c1ccc(-n2ccc(C(F)(F)F)n2)cc1)c1nnc2ccccn12. The first-order valence-electron chi connectivity index (χ1n) is 9.69. The van der Waals surface area contributed by atoms with Crippen LogP contribution in [0.5, 0.6) is 0 Å². The van der Waals surface area contributed by atoms with Gasteiger partial charge in [-0.2, -0.15) is 30.0 Å². The highest BCUT2D eigenvalue weighted by molar-refractivity contribution is 7.98. The summed E-state index contributed by atoms with van der Waals surface area (Å²) in [5.41, 5.74) is 0.503. The minimum absolute atomic E-state index is 0.313. The van der Waals surface area contributed by atoms with E-state index in [4.69, 9.17) is 0 Å². The standard InChI is InChI=1S/C21H19F3N6OS/c1-32-13-10-16(19-27-26-18-4-2-3-11-29(18)19)25-20(31)14-5-7-15(8-6-14)30-12-9-17(28-30)21(22,23)24/h2-9,11-12,16H,10,13H2,1H3,(H,25,31). The summed E-state index contributed by atoms with van der Waals surface area (Å²) in [6.07, 6.45) is 1.21. The average Bonchev–Trinajstić information content (AvgIpc) is 3.44. The average molecular weight is 460 g/mol. The minimum atomic E-state index is -4.51. The highest BCUT2D eigenvalue weighted by atomic mass is 32.2. The van der Waals surface area contributed by atoms with Gasteiger partial charge in [-0.25, -0.2) is 4.68 Å². The zero-order valence-electron chi connectivity index (χ0n) is 17.0. The van der Waals surface area contributed by atoms with E-state index in [1.165, 1.54) is 6.20 Å². The van der Waals surface area contributed by atoms with Crippen molar-refractivity contribution in [1.29, 1.82) is 0 Å². The summed E-state index contributed by atoms with van der Waals surface area (Å²) in [5.74, 6) is 1.13. The summed E-state index contributed by atoms with van der Waals surface area (Å²) in [6.45, 7) is 0. The third-order valence-electron chi connectivity index (χ3n) is 4.84. The number of alkyl halides is 3. The van der Waals surface area contributed by atoms with Crippen LogP contribution in [0.2, 0.25) is 0 Å². The maximum Gasteiger partial charge on any atom is 0.435 e. The molecule has 0 spiro atoms. The lowest BCUT2D eigenvalue weighted by atomic mass is 10.1. The molecule has 1 unspecified atom stereocenters. The molecule has 1 N–H and O–H groups in total. The Hall–Kier alpha value is -3.34. The Morgan fingerprint density at radius 3 is 2.56 bits per heavy atom. The number of hydrogen-bond donors (Lipinski definition) is 1. The smallest absolute Gasteiger partial charge is 0.342 e. The maximum absolute atomic E-state index is 12.9. The summed E-state index contributed by atoms with van der Waals surface area (Å²) in [6, 6.07) is 12.3. The van der Waals surface area contributed by atoms with Gasteiger partial charge in [0, 0.05) is 18.0 Å². The lowest BCUT2D eigenvalue weighted by Gasteiger charge is -2.17. The first-order valence-corrected chi connectivity index (χ1v) is 11.1. The van der Waals surface area contributed by atoms with E-state index >= 15 is 0 Å². The number of aromatic nitrogens is 5. The molecule has 3 aromatic heterocycles. The van der Waals surface area contributed by atoms with Gasteiger partial charge in [-0.1, -0.05) is 6.07 Å². The molecule has 0 radical (unpaired) electrons. The van der Waals surface area contributed by atoms with E-state index in [1.807, 2.05) is 35.1 Å². The fourth-order valence-electron chi connectivity index (χ4n) is 3.23. The first-order chi connectivity index (χ1) is 15.4. The number of halogens is 3. The summed E-state index contributed by atoms with van der Waals surface area (Å²) in [4.78, 5) is 12.9. The van der Waals surface area contributed by atoms with Crippen LogP contribution in [0.3, 0.4) is 0 Å². The highest BCUT2D eigenvalue weighted by Crippen LogP contribution is 2.28. The van der Waals surface area contributed by atoms with Crippen molar-refractivity contribution in [3.05, 3.63) is 78.0 Å². The van der Waals surface area contributed by atoms with Crippen LogP contribution in [-0.2, 0) is 6.18 Å². The summed E-state index contributed by atoms with van der Waals surface area (Å²) < 4.78 is 41.3. The van der Waals surface area contributed by atoms with Crippen LogP contribution in [0.15, 0.2) is 60.9 Å². The topological polar surface area (TPSA) is 77.1 Å². The van der Waals surface area contributed by atoms with Crippen LogP contribution in [0.25, 0.3) is 11.3 Å². The molecule has 4 rings (SSSR count). The van der Waals surface area contributed by atoms with Gasteiger partial charge >= 0.3 is 6.18 Å². The molecule has 0 saturated heterocycles. The molecule has 0 aliphatic heterocycles. The van der Waals surface area contributed by atoms with E-state index in [1.54, 1.807) is 36.0 Å². The number of fused-ring (bicyclic) bond motifs is 1. The molecule has 166 valence electrons. The van der Waals surface area contributed by atoms with E-state index in [0.717, 1.165) is 16.5 Å². The van der Waals surface area contributed by atoms with Gasteiger partial charge in [0.2, 0.25) is 0 Å². The Balaban J connectivity index is 1.53. The van der Waals surface area contributed by atoms with Gasteiger partial charge in [0.15, 0.2) is 17.2 Å². The van der Waals surface area contributed by atoms with Gasteiger partial charge in [-0.3, -0.25) is 9.20 Å². The number of benzene rings is 1. The van der Waals surface area contributed by atoms with Crippen molar-refractivity contribution in [3.8, 4) is 5.69 Å². The molecule has 0 aliphatic rings. The molecule has 1 atom stereocenters. The Labute approximate surface area is 185 Å². The zero-order valence-corrected chi connectivity index (χ0v) is 17.8. The van der Waals surface area contributed by atoms with E-state index in [0.29, 0.717) is 29.1 Å². The number of amides is 1. The van der Waals surface area contributed by atoms with Gasteiger partial charge in [0.25, 0.3) is 5.91 Å². The number of pyridine rings is 1. The van der Waals surface area contributed by atoms with Crippen molar-refractivity contribution in [2.75, 3.05) is 12.0 Å². The van der Waals surface area contributed by atoms with Crippen molar-refractivity contribution >= 4 is 23.3 Å². The van der Waals surface area contributed by atoms with Crippen LogP contribution in [-0.4, -0.2) is 42.3 Å². The molecule has 1 amide bonds. The molecule has 3 heterocycles. The Kier molecular flexibility index (Phi) is 6.17. The molecule has 0 saturated carbocycles. The van der Waals surface area contributed by atoms with Crippen molar-refractivity contribution in [2.45, 2.75) is 18.6 Å². The van der Waals surface area contributed by atoms with E-state index < -0.39 is 11.9 Å². The summed E-state index contributed by atoms with van der Waals surface area (Å²) in [5, 5.41) is 15.0. The molecule has 4 aromatic rings. The van der Waals surface area contributed by atoms with Gasteiger partial charge < -0.3 is 5.32 Å². The lowest BCUT2D eigenvalue weighted by Crippen LogP contribution is -2.30. The number of carbonyl (C=O) groups excluding carboxylic acids is 1. The Morgan fingerprint density at radius 1 is 1.09 bits per heavy atom. The van der Waals surface area contributed by atoms with Gasteiger partial charge in [-0.15, -0.1) is 10.2 Å². The number of carbonyl (C=O) groups is 1. The third-order valence-corrected chi connectivity index (χ3v) is 5.49. The second-order valence-electron chi connectivity index (χ2n) is 6.98. The molecule has 11 heteroatoms. The number of thioether (sulfide) groups is 1. The van der Waals surface area contributed by atoms with E-state index in [2.05, 4.69) is 20.6 Å². The largest absolute Gasteiger partial charge is 0.435 e. The summed E-state index contributed by atoms with van der Waals surface area (Å²) in [7, 11) is 0. The van der Waals surface area contributed by atoms with Gasteiger partial charge in [0.05, 0.1) is 11.7 Å². The highest BCUT2D eigenvalue weighted by Gasteiger charge is 2.33. The molecule has 32 heavy (non-hydrogen) atoms. The van der Waals surface area contributed by atoms with Crippen LogP contribution in [0.4, 0.5) is 13.2 Å². The zero-order chi connectivity index (χ0) is 22.7. The van der Waals surface area contributed by atoms with Crippen molar-refractivity contribution in [3.63, 3.8) is 0 Å². The molecule has 1 aromatic carbocycles. The fraction of sp³-hybridized carbons (Fsp3) is 0.238. The molecule has 0 fully saturated rings. The quantitative estimate of drug-likeness (QED) is 0.448. The van der Waals surface area contributed by atoms with Crippen molar-refractivity contribution < 1.29 is 18.0 Å². The maximum atomic E-state index is 12.9. The lowest BCUT2D eigenvalue weighted by molar-refractivity contribution is -0.141. The van der Waals surface area contributed by atoms with Crippen molar-refractivity contribution in [1.82, 2.24) is 29.7 Å². The van der Waals surface area contributed by atoms with Crippen LogP contribution < -0.4 is 5.32 Å². The monoisotopic (exact) mass is 460 g/mol. The minimum Gasteiger partial charge on any atom is -0.342 e. The predicted molar refractivity (Wildman–Crippen MR) is 115 cm³/mol. The van der Waals surface area contributed by atoms with Crippen LogP contribution in [0, 0.1) is 0 Å². The fourth-order valence-corrected chi connectivity index (χ4v) is 3.70. The number of nitrogens with one attached hydrogen (secondary N) is 1. The predicted octanol–water partition coefficient (Wildman–Crippen LogP) is 4.16. The van der Waals surface area contributed by atoms with Gasteiger partial charge in [0.1, 0.15) is 0 Å². The first kappa shape index (κ1) is 21.9. The number of rotatable bonds is 7. The van der Waals surface area contributed by atoms with E-state index in [-0.39, 0.29) is 11.9 Å². The normalized spacial score (nSPS) is 12.8. The van der Waals surface area contributed by atoms with E-state index in [9.17, 15) is 18.0 Å².